The predicted molar refractivity (Wildman–Crippen MR) is 94.3 cm³/mol. The number of nitrogens with one attached hydrogen (secondary N) is 1. The molecular formula is C21H18NO4-. The molecule has 4 rings (SSSR count). The predicted octanol–water partition coefficient (Wildman–Crippen LogP) is 2.61. The van der Waals surface area contributed by atoms with Gasteiger partial charge in [-0.2, -0.15) is 0 Å². The summed E-state index contributed by atoms with van der Waals surface area (Å²) in [6, 6.07) is 16.4. The number of carbonyl (C=O) groups excluding carboxylic acids is 2. The maximum absolute atomic E-state index is 12.6. The van der Waals surface area contributed by atoms with E-state index in [0.717, 1.165) is 5.75 Å². The molecule has 1 fully saturated rings. The SMILES string of the molecule is O=C([O-])[C@@H]1[C@@H](C(=O)Nc2ccc(Oc3ccccc3)cc2)[C@H]2C=C[C@H]1C2. The fraction of sp³-hybridized carbons (Fsp3) is 0.238. The molecule has 2 bridgehead atoms. The first-order chi connectivity index (χ1) is 12.6. The number of anilines is 1. The molecule has 5 nitrogen and oxygen atoms in total. The number of fused-ring (bicyclic) bond motifs is 2. The number of carboxylic acid groups (broad SMARTS) is 1. The van der Waals surface area contributed by atoms with Crippen molar-refractivity contribution in [2.24, 2.45) is 23.7 Å². The minimum Gasteiger partial charge on any atom is -0.550 e. The Labute approximate surface area is 151 Å². The van der Waals surface area contributed by atoms with E-state index in [4.69, 9.17) is 4.74 Å². The van der Waals surface area contributed by atoms with Gasteiger partial charge in [0.1, 0.15) is 11.5 Å². The molecule has 2 aromatic carbocycles. The number of aliphatic carboxylic acids is 1. The zero-order valence-electron chi connectivity index (χ0n) is 14.0. The van der Waals surface area contributed by atoms with Gasteiger partial charge in [-0.1, -0.05) is 30.4 Å². The minimum absolute atomic E-state index is 0.0245. The van der Waals surface area contributed by atoms with Crippen molar-refractivity contribution in [3.8, 4) is 11.5 Å². The molecule has 0 spiro atoms. The topological polar surface area (TPSA) is 78.5 Å². The Morgan fingerprint density at radius 1 is 0.885 bits per heavy atom. The standard InChI is InChI=1S/C21H19NO4/c23-20(18-13-6-7-14(12-13)19(18)21(24)25)22-15-8-10-17(11-9-15)26-16-4-2-1-3-5-16/h1-11,13-14,18-19H,12H2,(H,22,23)(H,24,25)/p-1/t13-,14-,18-,19-/m0/s1. The highest BCUT2D eigenvalue weighted by Crippen LogP contribution is 2.48. The van der Waals surface area contributed by atoms with Gasteiger partial charge in [-0.25, -0.2) is 0 Å². The third kappa shape index (κ3) is 3.08. The summed E-state index contributed by atoms with van der Waals surface area (Å²) in [5.41, 5.74) is 0.610. The monoisotopic (exact) mass is 348 g/mol. The van der Waals surface area contributed by atoms with E-state index in [1.54, 1.807) is 24.3 Å². The Hall–Kier alpha value is -3.08. The van der Waals surface area contributed by atoms with Gasteiger partial charge in [-0.05, 0) is 54.7 Å². The highest BCUT2D eigenvalue weighted by molar-refractivity contribution is 5.96. The molecule has 2 aromatic rings. The van der Waals surface area contributed by atoms with E-state index in [-0.39, 0.29) is 17.7 Å². The number of benzene rings is 2. The molecule has 5 heteroatoms. The lowest BCUT2D eigenvalue weighted by Gasteiger charge is -2.27. The molecule has 132 valence electrons. The van der Waals surface area contributed by atoms with E-state index in [9.17, 15) is 14.7 Å². The molecule has 26 heavy (non-hydrogen) atoms. The van der Waals surface area contributed by atoms with Gasteiger partial charge in [0.05, 0.1) is 5.92 Å². The van der Waals surface area contributed by atoms with Gasteiger partial charge in [-0.15, -0.1) is 0 Å². The van der Waals surface area contributed by atoms with Gasteiger partial charge >= 0.3 is 0 Å². The molecule has 0 heterocycles. The second-order valence-electron chi connectivity index (χ2n) is 6.75. The number of hydrogen-bond acceptors (Lipinski definition) is 4. The van der Waals surface area contributed by atoms with E-state index in [2.05, 4.69) is 5.32 Å². The summed E-state index contributed by atoms with van der Waals surface area (Å²) >= 11 is 0. The fourth-order valence-corrected chi connectivity index (χ4v) is 3.96. The van der Waals surface area contributed by atoms with Crippen LogP contribution in [0.3, 0.4) is 0 Å². The average molecular weight is 348 g/mol. The number of amides is 1. The van der Waals surface area contributed by atoms with Crippen LogP contribution in [0.25, 0.3) is 0 Å². The maximum Gasteiger partial charge on any atom is 0.228 e. The van der Waals surface area contributed by atoms with Crippen LogP contribution in [0.4, 0.5) is 5.69 Å². The van der Waals surface area contributed by atoms with Crippen LogP contribution < -0.4 is 15.2 Å². The van der Waals surface area contributed by atoms with Gasteiger partial charge in [0.25, 0.3) is 0 Å². The highest BCUT2D eigenvalue weighted by atomic mass is 16.5. The lowest BCUT2D eigenvalue weighted by atomic mass is 9.82. The number of rotatable bonds is 5. The lowest BCUT2D eigenvalue weighted by molar-refractivity contribution is -0.313. The third-order valence-electron chi connectivity index (χ3n) is 5.13. The minimum atomic E-state index is -1.14. The quantitative estimate of drug-likeness (QED) is 0.843. The van der Waals surface area contributed by atoms with Crippen LogP contribution >= 0.6 is 0 Å². The average Bonchev–Trinajstić information content (AvgIpc) is 3.25. The first-order valence-corrected chi connectivity index (χ1v) is 8.65. The zero-order valence-corrected chi connectivity index (χ0v) is 14.0. The third-order valence-corrected chi connectivity index (χ3v) is 5.13. The molecule has 0 aromatic heterocycles. The van der Waals surface area contributed by atoms with E-state index in [1.807, 2.05) is 42.5 Å². The largest absolute Gasteiger partial charge is 0.550 e. The number of para-hydroxylation sites is 1. The molecule has 0 radical (unpaired) electrons. The van der Waals surface area contributed by atoms with Gasteiger partial charge in [0.2, 0.25) is 5.91 Å². The number of carbonyl (C=O) groups is 2. The van der Waals surface area contributed by atoms with Crippen molar-refractivity contribution in [1.29, 1.82) is 0 Å². The van der Waals surface area contributed by atoms with Crippen LogP contribution in [-0.2, 0) is 9.59 Å². The Morgan fingerprint density at radius 2 is 1.50 bits per heavy atom. The molecule has 2 aliphatic carbocycles. The molecule has 1 N–H and O–H groups in total. The van der Waals surface area contributed by atoms with E-state index in [1.165, 1.54) is 0 Å². The summed E-state index contributed by atoms with van der Waals surface area (Å²) in [6.07, 6.45) is 4.55. The maximum atomic E-state index is 12.6. The van der Waals surface area contributed by atoms with Crippen LogP contribution in [0.1, 0.15) is 6.42 Å². The zero-order chi connectivity index (χ0) is 18.1. The molecule has 1 amide bonds. The lowest BCUT2D eigenvalue weighted by Crippen LogP contribution is -2.42. The molecule has 4 atom stereocenters. The Kier molecular flexibility index (Phi) is 4.21. The first kappa shape index (κ1) is 16.4. The molecule has 1 saturated carbocycles. The van der Waals surface area contributed by atoms with E-state index >= 15 is 0 Å². The smallest absolute Gasteiger partial charge is 0.228 e. The molecule has 2 aliphatic rings. The molecular weight excluding hydrogens is 330 g/mol. The van der Waals surface area contributed by atoms with Crippen LogP contribution in [0.15, 0.2) is 66.7 Å². The molecule has 0 saturated heterocycles. The van der Waals surface area contributed by atoms with Gasteiger partial charge in [0, 0.05) is 17.6 Å². The summed E-state index contributed by atoms with van der Waals surface area (Å²) in [4.78, 5) is 24.1. The van der Waals surface area contributed by atoms with Crippen molar-refractivity contribution in [2.75, 3.05) is 5.32 Å². The molecule has 0 unspecified atom stereocenters. The summed E-state index contributed by atoms with van der Waals surface area (Å²) in [5.74, 6) is -1.46. The van der Waals surface area contributed by atoms with Crippen molar-refractivity contribution in [3.05, 3.63) is 66.7 Å². The summed E-state index contributed by atoms with van der Waals surface area (Å²) in [7, 11) is 0. The van der Waals surface area contributed by atoms with Crippen molar-refractivity contribution in [1.82, 2.24) is 0 Å². The van der Waals surface area contributed by atoms with E-state index in [0.29, 0.717) is 17.9 Å². The van der Waals surface area contributed by atoms with Crippen LogP contribution in [-0.4, -0.2) is 11.9 Å². The highest BCUT2D eigenvalue weighted by Gasteiger charge is 2.48. The van der Waals surface area contributed by atoms with Crippen molar-refractivity contribution >= 4 is 17.6 Å². The Balaban J connectivity index is 1.43. The summed E-state index contributed by atoms with van der Waals surface area (Å²) in [5, 5.41) is 14.3. The Morgan fingerprint density at radius 3 is 2.15 bits per heavy atom. The van der Waals surface area contributed by atoms with Crippen molar-refractivity contribution < 1.29 is 19.4 Å². The van der Waals surface area contributed by atoms with Crippen LogP contribution in [0.5, 0.6) is 11.5 Å². The summed E-state index contributed by atoms with van der Waals surface area (Å²) < 4.78 is 5.72. The van der Waals surface area contributed by atoms with Gasteiger partial charge < -0.3 is 20.0 Å². The second-order valence-corrected chi connectivity index (χ2v) is 6.75. The Bertz CT molecular complexity index is 844. The number of allylic oxidation sites excluding steroid dienone is 2. The number of carboxylic acids is 1. The van der Waals surface area contributed by atoms with Gasteiger partial charge in [0.15, 0.2) is 0 Å². The molecule has 0 aliphatic heterocycles. The normalized spacial score (nSPS) is 25.8. The van der Waals surface area contributed by atoms with Crippen LogP contribution in [0.2, 0.25) is 0 Å². The van der Waals surface area contributed by atoms with E-state index < -0.39 is 17.8 Å². The van der Waals surface area contributed by atoms with Crippen molar-refractivity contribution in [2.45, 2.75) is 6.42 Å². The van der Waals surface area contributed by atoms with Gasteiger partial charge in [-0.3, -0.25) is 4.79 Å². The van der Waals surface area contributed by atoms with Crippen LogP contribution in [0, 0.1) is 23.7 Å². The fourth-order valence-electron chi connectivity index (χ4n) is 3.96. The first-order valence-electron chi connectivity index (χ1n) is 8.65. The number of hydrogen-bond donors (Lipinski definition) is 1. The summed E-state index contributed by atoms with van der Waals surface area (Å²) in [6.45, 7) is 0. The second kappa shape index (κ2) is 6.67. The number of ether oxygens (including phenoxy) is 1. The van der Waals surface area contributed by atoms with Crippen molar-refractivity contribution in [3.63, 3.8) is 0 Å².